The summed E-state index contributed by atoms with van der Waals surface area (Å²) >= 11 is 0. The Morgan fingerprint density at radius 2 is 1.71 bits per heavy atom. The first-order chi connectivity index (χ1) is 11.5. The molecule has 0 aliphatic heterocycles. The van der Waals surface area contributed by atoms with Crippen molar-refractivity contribution in [2.75, 3.05) is 17.6 Å². The standard InChI is InChI=1S/C17H17N3O3S/c21-16-14-8-4-5-9-15(14)19-17(20-16)18-10-11-24(22,23)12-13-6-2-1-3-7-13/h1-9H,10-12H2,(H2,18,19,20,21). The van der Waals surface area contributed by atoms with Crippen LogP contribution in [0.3, 0.4) is 0 Å². The maximum atomic E-state index is 12.1. The first kappa shape index (κ1) is 16.2. The lowest BCUT2D eigenvalue weighted by Gasteiger charge is -2.07. The van der Waals surface area contributed by atoms with Gasteiger partial charge in [-0.2, -0.15) is 0 Å². The average Bonchev–Trinajstić information content (AvgIpc) is 2.55. The lowest BCUT2D eigenvalue weighted by molar-refractivity contribution is 0.595. The molecule has 24 heavy (non-hydrogen) atoms. The number of anilines is 1. The number of fused-ring (bicyclic) bond motifs is 1. The van der Waals surface area contributed by atoms with Gasteiger partial charge in [-0.05, 0) is 17.7 Å². The number of hydrogen-bond donors (Lipinski definition) is 2. The van der Waals surface area contributed by atoms with Gasteiger partial charge < -0.3 is 5.32 Å². The normalized spacial score (nSPS) is 11.5. The van der Waals surface area contributed by atoms with Crippen LogP contribution in [0.2, 0.25) is 0 Å². The molecule has 0 spiro atoms. The summed E-state index contributed by atoms with van der Waals surface area (Å²) < 4.78 is 24.3. The second kappa shape index (κ2) is 6.84. The van der Waals surface area contributed by atoms with E-state index < -0.39 is 9.84 Å². The number of aromatic nitrogens is 2. The molecule has 0 bridgehead atoms. The molecule has 3 aromatic rings. The van der Waals surface area contributed by atoms with Crippen LogP contribution in [0.15, 0.2) is 59.4 Å². The smallest absolute Gasteiger partial charge is 0.260 e. The van der Waals surface area contributed by atoms with E-state index in [0.29, 0.717) is 10.9 Å². The molecule has 0 saturated heterocycles. The van der Waals surface area contributed by atoms with E-state index in [-0.39, 0.29) is 29.6 Å². The minimum Gasteiger partial charge on any atom is -0.355 e. The summed E-state index contributed by atoms with van der Waals surface area (Å²) in [4.78, 5) is 18.8. The van der Waals surface area contributed by atoms with Crippen LogP contribution in [0.1, 0.15) is 5.56 Å². The molecule has 2 N–H and O–H groups in total. The number of benzene rings is 2. The van der Waals surface area contributed by atoms with Gasteiger partial charge >= 0.3 is 0 Å². The minimum absolute atomic E-state index is 0.00279. The lowest BCUT2D eigenvalue weighted by atomic mass is 10.2. The van der Waals surface area contributed by atoms with E-state index in [0.717, 1.165) is 5.56 Å². The molecule has 2 aromatic carbocycles. The molecule has 0 radical (unpaired) electrons. The van der Waals surface area contributed by atoms with Crippen molar-refractivity contribution in [2.24, 2.45) is 0 Å². The fourth-order valence-corrected chi connectivity index (χ4v) is 3.65. The Labute approximate surface area is 139 Å². The Kier molecular flexibility index (Phi) is 4.61. The van der Waals surface area contributed by atoms with Crippen LogP contribution in [0.4, 0.5) is 5.95 Å². The second-order valence-corrected chi connectivity index (χ2v) is 7.62. The van der Waals surface area contributed by atoms with Crippen molar-refractivity contribution in [1.82, 2.24) is 9.97 Å². The van der Waals surface area contributed by atoms with Crippen molar-refractivity contribution in [1.29, 1.82) is 0 Å². The molecular weight excluding hydrogens is 326 g/mol. The first-order valence-electron chi connectivity index (χ1n) is 7.51. The van der Waals surface area contributed by atoms with Crippen LogP contribution in [-0.4, -0.2) is 30.7 Å². The molecule has 7 heteroatoms. The highest BCUT2D eigenvalue weighted by Crippen LogP contribution is 2.09. The maximum absolute atomic E-state index is 12.1. The van der Waals surface area contributed by atoms with E-state index in [4.69, 9.17) is 0 Å². The van der Waals surface area contributed by atoms with E-state index >= 15 is 0 Å². The summed E-state index contributed by atoms with van der Waals surface area (Å²) in [5.41, 5.74) is 1.07. The molecule has 1 aromatic heterocycles. The highest BCUT2D eigenvalue weighted by molar-refractivity contribution is 7.90. The van der Waals surface area contributed by atoms with Gasteiger partial charge in [0, 0.05) is 6.54 Å². The average molecular weight is 343 g/mol. The predicted molar refractivity (Wildman–Crippen MR) is 94.8 cm³/mol. The largest absolute Gasteiger partial charge is 0.355 e. The molecule has 6 nitrogen and oxygen atoms in total. The number of sulfone groups is 1. The Hall–Kier alpha value is -2.67. The van der Waals surface area contributed by atoms with Crippen LogP contribution >= 0.6 is 0 Å². The fraction of sp³-hybridized carbons (Fsp3) is 0.176. The van der Waals surface area contributed by atoms with Crippen molar-refractivity contribution in [3.8, 4) is 0 Å². The van der Waals surface area contributed by atoms with Gasteiger partial charge in [0.1, 0.15) is 0 Å². The number of nitrogens with one attached hydrogen (secondary N) is 2. The molecule has 3 rings (SSSR count). The van der Waals surface area contributed by atoms with Crippen molar-refractivity contribution in [2.45, 2.75) is 5.75 Å². The number of nitrogens with zero attached hydrogens (tertiary/aromatic N) is 1. The molecule has 1 heterocycles. The van der Waals surface area contributed by atoms with Gasteiger partial charge in [-0.25, -0.2) is 13.4 Å². The Morgan fingerprint density at radius 1 is 1.00 bits per heavy atom. The van der Waals surface area contributed by atoms with Crippen molar-refractivity contribution in [3.05, 3.63) is 70.5 Å². The Morgan fingerprint density at radius 3 is 2.50 bits per heavy atom. The van der Waals surface area contributed by atoms with Crippen molar-refractivity contribution in [3.63, 3.8) is 0 Å². The zero-order valence-corrected chi connectivity index (χ0v) is 13.7. The minimum atomic E-state index is -3.24. The summed E-state index contributed by atoms with van der Waals surface area (Å²) in [5.74, 6) is 0.226. The highest BCUT2D eigenvalue weighted by Gasteiger charge is 2.12. The van der Waals surface area contributed by atoms with Crippen LogP contribution in [0.25, 0.3) is 10.9 Å². The number of para-hydroxylation sites is 1. The number of H-pyrrole nitrogens is 1. The summed E-state index contributed by atoms with van der Waals surface area (Å²) in [6.07, 6.45) is 0. The van der Waals surface area contributed by atoms with Gasteiger partial charge in [0.15, 0.2) is 9.84 Å². The molecule has 0 fully saturated rings. The monoisotopic (exact) mass is 343 g/mol. The second-order valence-electron chi connectivity index (χ2n) is 5.44. The molecule has 0 amide bonds. The van der Waals surface area contributed by atoms with Crippen LogP contribution < -0.4 is 10.9 Å². The van der Waals surface area contributed by atoms with Crippen LogP contribution in [0, 0.1) is 0 Å². The number of hydrogen-bond acceptors (Lipinski definition) is 5. The molecular formula is C17H17N3O3S. The lowest BCUT2D eigenvalue weighted by Crippen LogP contribution is -2.20. The highest BCUT2D eigenvalue weighted by atomic mass is 32.2. The van der Waals surface area contributed by atoms with E-state index in [1.165, 1.54) is 0 Å². The molecule has 0 atom stereocenters. The van der Waals surface area contributed by atoms with Crippen molar-refractivity contribution >= 4 is 26.7 Å². The molecule has 0 saturated carbocycles. The van der Waals surface area contributed by atoms with Crippen LogP contribution in [-0.2, 0) is 15.6 Å². The van der Waals surface area contributed by atoms with Gasteiger partial charge in [0.25, 0.3) is 5.56 Å². The zero-order valence-electron chi connectivity index (χ0n) is 12.9. The van der Waals surface area contributed by atoms with Gasteiger partial charge in [-0.3, -0.25) is 9.78 Å². The fourth-order valence-electron chi connectivity index (χ4n) is 2.40. The number of aromatic amines is 1. The molecule has 0 aliphatic rings. The van der Waals surface area contributed by atoms with E-state index in [1.54, 1.807) is 36.4 Å². The summed E-state index contributed by atoms with van der Waals surface area (Å²) in [7, 11) is -3.24. The van der Waals surface area contributed by atoms with E-state index in [2.05, 4.69) is 15.3 Å². The van der Waals surface area contributed by atoms with Crippen LogP contribution in [0.5, 0.6) is 0 Å². The van der Waals surface area contributed by atoms with Gasteiger partial charge in [-0.15, -0.1) is 0 Å². The number of rotatable bonds is 6. The third-order valence-electron chi connectivity index (χ3n) is 3.55. The third-order valence-corrected chi connectivity index (χ3v) is 5.15. The summed E-state index contributed by atoms with van der Waals surface area (Å²) in [6, 6.07) is 16.0. The molecule has 0 unspecified atom stereocenters. The molecule has 124 valence electrons. The zero-order chi connectivity index (χ0) is 17.0. The topological polar surface area (TPSA) is 91.9 Å². The SMILES string of the molecule is O=c1[nH]c(NCCS(=O)(=O)Cc2ccccc2)nc2ccccc12. The maximum Gasteiger partial charge on any atom is 0.260 e. The van der Waals surface area contributed by atoms with E-state index in [9.17, 15) is 13.2 Å². The van der Waals surface area contributed by atoms with Gasteiger partial charge in [0.05, 0.1) is 22.4 Å². The Balaban J connectivity index is 1.65. The third kappa shape index (κ3) is 3.99. The predicted octanol–water partition coefficient (Wildman–Crippen LogP) is 1.95. The van der Waals surface area contributed by atoms with Crippen molar-refractivity contribution < 1.29 is 8.42 Å². The Bertz CT molecular complexity index is 998. The first-order valence-corrected chi connectivity index (χ1v) is 9.33. The summed E-state index contributed by atoms with van der Waals surface area (Å²) in [6.45, 7) is 0.177. The van der Waals surface area contributed by atoms with E-state index in [1.807, 2.05) is 18.2 Å². The summed E-state index contributed by atoms with van der Waals surface area (Å²) in [5, 5.41) is 3.37. The quantitative estimate of drug-likeness (QED) is 0.714. The molecule has 0 aliphatic carbocycles. The van der Waals surface area contributed by atoms with Gasteiger partial charge in [-0.1, -0.05) is 42.5 Å². The van der Waals surface area contributed by atoms with Gasteiger partial charge in [0.2, 0.25) is 5.95 Å².